The number of nitrogens with one attached hydrogen (secondary N) is 1. The van der Waals surface area contributed by atoms with Crippen LogP contribution in [0.2, 0.25) is 0 Å². The van der Waals surface area contributed by atoms with Crippen LogP contribution in [-0.2, 0) is 20.4 Å². The maximum atomic E-state index is 13.9. The molecular formula is C33H40F3N5O5. The monoisotopic (exact) mass is 643 g/mol. The predicted octanol–water partition coefficient (Wildman–Crippen LogP) is 5.43. The van der Waals surface area contributed by atoms with Crippen molar-refractivity contribution < 1.29 is 37.0 Å². The normalized spacial score (nSPS) is 21.7. The number of aromatic nitrogens is 1. The van der Waals surface area contributed by atoms with Gasteiger partial charge in [-0.05, 0) is 57.5 Å². The average Bonchev–Trinajstić information content (AvgIpc) is 3.02. The molecule has 1 N–H and O–H groups in total. The molecule has 0 saturated carbocycles. The maximum absolute atomic E-state index is 13.9. The summed E-state index contributed by atoms with van der Waals surface area (Å²) >= 11 is 0. The molecule has 0 radical (unpaired) electrons. The van der Waals surface area contributed by atoms with Gasteiger partial charge in [0.05, 0.1) is 18.8 Å². The number of carbonyl (C=O) groups excluding carboxylic acids is 2. The zero-order chi connectivity index (χ0) is 33.1. The number of amides is 2. The number of ether oxygens (including phenoxy) is 3. The first kappa shape index (κ1) is 33.4. The SMILES string of the molecule is Cc1ncccc1C1=CN=C(OC2CCN(C(=O)OC(C)(C)C)CC2)C(NC(=O)c2cccc(C(F)(F)F)c2)(N2CCOCC2)C1. The van der Waals surface area contributed by atoms with E-state index in [1.165, 1.54) is 12.1 Å². The molecule has 0 bridgehead atoms. The van der Waals surface area contributed by atoms with Crippen molar-refractivity contribution >= 4 is 23.5 Å². The molecule has 248 valence electrons. The summed E-state index contributed by atoms with van der Waals surface area (Å²) < 4.78 is 58.5. The minimum absolute atomic E-state index is 0.138. The zero-order valence-electron chi connectivity index (χ0n) is 26.5. The van der Waals surface area contributed by atoms with Crippen LogP contribution < -0.4 is 5.32 Å². The van der Waals surface area contributed by atoms with E-state index in [1.54, 1.807) is 17.3 Å². The minimum Gasteiger partial charge on any atom is -0.475 e. The predicted molar refractivity (Wildman–Crippen MR) is 165 cm³/mol. The highest BCUT2D eigenvalue weighted by atomic mass is 19.4. The van der Waals surface area contributed by atoms with Crippen LogP contribution >= 0.6 is 0 Å². The zero-order valence-corrected chi connectivity index (χ0v) is 26.5. The van der Waals surface area contributed by atoms with Gasteiger partial charge in [0.15, 0.2) is 5.66 Å². The van der Waals surface area contributed by atoms with Crippen molar-refractivity contribution in [2.45, 2.75) is 70.5 Å². The van der Waals surface area contributed by atoms with Crippen molar-refractivity contribution in [2.24, 2.45) is 4.99 Å². The lowest BCUT2D eigenvalue weighted by molar-refractivity contribution is -0.137. The van der Waals surface area contributed by atoms with Crippen LogP contribution in [0.3, 0.4) is 0 Å². The van der Waals surface area contributed by atoms with Gasteiger partial charge in [0.1, 0.15) is 11.7 Å². The van der Waals surface area contributed by atoms with Gasteiger partial charge in [0, 0.05) is 74.7 Å². The molecule has 2 saturated heterocycles. The summed E-state index contributed by atoms with van der Waals surface area (Å²) in [6.07, 6.45) is -0.733. The third-order valence-corrected chi connectivity index (χ3v) is 8.19. The Morgan fingerprint density at radius 2 is 1.76 bits per heavy atom. The van der Waals surface area contributed by atoms with Gasteiger partial charge < -0.3 is 24.4 Å². The Morgan fingerprint density at radius 1 is 1.04 bits per heavy atom. The number of carbonyl (C=O) groups is 2. The lowest BCUT2D eigenvalue weighted by atomic mass is 9.89. The smallest absolute Gasteiger partial charge is 0.416 e. The van der Waals surface area contributed by atoms with E-state index in [0.29, 0.717) is 52.2 Å². The van der Waals surface area contributed by atoms with Crippen LogP contribution in [0, 0.1) is 6.92 Å². The van der Waals surface area contributed by atoms with Crippen molar-refractivity contribution in [2.75, 3.05) is 39.4 Å². The molecular weight excluding hydrogens is 603 g/mol. The topological polar surface area (TPSA) is 106 Å². The second-order valence-electron chi connectivity index (χ2n) is 12.7. The third kappa shape index (κ3) is 7.69. The third-order valence-electron chi connectivity index (χ3n) is 8.19. The van der Waals surface area contributed by atoms with E-state index >= 15 is 0 Å². The van der Waals surface area contributed by atoms with Crippen molar-refractivity contribution in [3.05, 3.63) is 71.2 Å². The summed E-state index contributed by atoms with van der Waals surface area (Å²) in [6, 6.07) is 8.08. The number of nitrogens with zero attached hydrogens (tertiary/aromatic N) is 4. The number of pyridine rings is 1. The standard InChI is InChI=1S/C33H40F3N5O5/c1-22-27(9-6-12-37-22)24-20-32(41-15-17-44-18-16-41,39-28(42)23-7-5-8-25(19-23)33(34,35)36)29(38-21-24)45-26-10-13-40(14-11-26)30(43)46-31(2,3)4/h5-9,12,19,21,26H,10-11,13-18,20H2,1-4H3,(H,39,42). The quantitative estimate of drug-likeness (QED) is 0.464. The Morgan fingerprint density at radius 3 is 2.41 bits per heavy atom. The lowest BCUT2D eigenvalue weighted by Gasteiger charge is -2.48. The molecule has 10 nitrogen and oxygen atoms in total. The first-order chi connectivity index (χ1) is 21.7. The molecule has 0 spiro atoms. The van der Waals surface area contributed by atoms with Crippen LogP contribution in [0.4, 0.5) is 18.0 Å². The number of piperidine rings is 1. The van der Waals surface area contributed by atoms with E-state index in [9.17, 15) is 22.8 Å². The van der Waals surface area contributed by atoms with E-state index in [1.807, 2.05) is 44.7 Å². The van der Waals surface area contributed by atoms with Crippen LogP contribution in [0.25, 0.3) is 5.57 Å². The summed E-state index contributed by atoms with van der Waals surface area (Å²) in [5.74, 6) is -0.464. The molecule has 1 atom stereocenters. The molecule has 0 aliphatic carbocycles. The van der Waals surface area contributed by atoms with Gasteiger partial charge in [-0.2, -0.15) is 13.2 Å². The van der Waals surface area contributed by atoms with Crippen LogP contribution in [0.5, 0.6) is 0 Å². The highest BCUT2D eigenvalue weighted by Gasteiger charge is 2.49. The van der Waals surface area contributed by atoms with Crippen LogP contribution in [0.1, 0.15) is 67.2 Å². The Bertz CT molecular complexity index is 1490. The number of likely N-dealkylation sites (tertiary alicyclic amines) is 1. The molecule has 3 aliphatic rings. The second-order valence-corrected chi connectivity index (χ2v) is 12.7. The van der Waals surface area contributed by atoms with Gasteiger partial charge >= 0.3 is 12.3 Å². The van der Waals surface area contributed by atoms with Gasteiger partial charge in [0.25, 0.3) is 5.91 Å². The van der Waals surface area contributed by atoms with Crippen LogP contribution in [0.15, 0.2) is 53.8 Å². The van der Waals surface area contributed by atoms with E-state index < -0.39 is 35.0 Å². The number of aryl methyl sites for hydroxylation is 1. The minimum atomic E-state index is -4.61. The fourth-order valence-corrected chi connectivity index (χ4v) is 5.86. The van der Waals surface area contributed by atoms with Gasteiger partial charge in [0.2, 0.25) is 5.90 Å². The van der Waals surface area contributed by atoms with Crippen molar-refractivity contribution in [1.82, 2.24) is 20.1 Å². The van der Waals surface area contributed by atoms with Crippen LogP contribution in [-0.4, -0.2) is 89.4 Å². The highest BCUT2D eigenvalue weighted by molar-refractivity contribution is 6.01. The van der Waals surface area contributed by atoms with Gasteiger partial charge in [-0.1, -0.05) is 12.1 Å². The molecule has 4 heterocycles. The van der Waals surface area contributed by atoms with E-state index in [0.717, 1.165) is 29.0 Å². The Balaban J connectivity index is 1.48. The van der Waals surface area contributed by atoms with E-state index in [2.05, 4.69) is 10.3 Å². The molecule has 1 unspecified atom stereocenters. The Kier molecular flexibility index (Phi) is 9.73. The molecule has 2 fully saturated rings. The number of benzene rings is 1. The van der Waals surface area contributed by atoms with Gasteiger partial charge in [-0.15, -0.1) is 0 Å². The number of rotatable bonds is 5. The van der Waals surface area contributed by atoms with Gasteiger partial charge in [-0.25, -0.2) is 9.79 Å². The first-order valence-electron chi connectivity index (χ1n) is 15.4. The number of alkyl halides is 3. The highest BCUT2D eigenvalue weighted by Crippen LogP contribution is 2.37. The summed E-state index contributed by atoms with van der Waals surface area (Å²) in [4.78, 5) is 39.4. The number of hydrogen-bond acceptors (Lipinski definition) is 8. The lowest BCUT2D eigenvalue weighted by Crippen LogP contribution is -2.69. The maximum Gasteiger partial charge on any atom is 0.416 e. The summed E-state index contributed by atoms with van der Waals surface area (Å²) in [5.41, 5.74) is -0.630. The Labute approximate surface area is 266 Å². The summed E-state index contributed by atoms with van der Waals surface area (Å²) in [6.45, 7) is 9.74. The fourth-order valence-electron chi connectivity index (χ4n) is 5.86. The molecule has 3 aliphatic heterocycles. The molecule has 1 aromatic heterocycles. The number of halogens is 3. The second kappa shape index (κ2) is 13.4. The van der Waals surface area contributed by atoms with E-state index in [4.69, 9.17) is 19.2 Å². The molecule has 2 amide bonds. The molecule has 2 aromatic rings. The average molecular weight is 644 g/mol. The van der Waals surface area contributed by atoms with Crippen molar-refractivity contribution in [3.8, 4) is 0 Å². The number of morpholine rings is 1. The summed E-state index contributed by atoms with van der Waals surface area (Å²) in [5, 5.41) is 3.07. The fraction of sp³-hybridized carbons (Fsp3) is 0.515. The molecule has 46 heavy (non-hydrogen) atoms. The Hall–Kier alpha value is -3.97. The number of hydrogen-bond donors (Lipinski definition) is 1. The first-order valence-corrected chi connectivity index (χ1v) is 15.4. The molecule has 1 aromatic carbocycles. The van der Waals surface area contributed by atoms with Crippen molar-refractivity contribution in [1.29, 1.82) is 0 Å². The van der Waals surface area contributed by atoms with E-state index in [-0.39, 0.29) is 24.0 Å². The largest absolute Gasteiger partial charge is 0.475 e. The number of aliphatic imine (C=N–C) groups is 1. The van der Waals surface area contributed by atoms with Crippen molar-refractivity contribution in [3.63, 3.8) is 0 Å². The molecule has 13 heteroatoms. The molecule has 5 rings (SSSR count). The summed E-state index contributed by atoms with van der Waals surface area (Å²) in [7, 11) is 0. The van der Waals surface area contributed by atoms with Gasteiger partial charge in [-0.3, -0.25) is 14.7 Å².